The van der Waals surface area contributed by atoms with Crippen molar-refractivity contribution in [1.82, 2.24) is 0 Å². The molecule has 0 spiro atoms. The number of hydrogen-bond donors (Lipinski definition) is 1. The Morgan fingerprint density at radius 2 is 1.79 bits per heavy atom. The lowest BCUT2D eigenvalue weighted by molar-refractivity contribution is 0.0320. The molecule has 126 valence electrons. The number of aryl methyl sites for hydroxylation is 1. The second-order valence-corrected chi connectivity index (χ2v) is 6.15. The number of nitrogens with two attached hydrogens (primary N) is 1. The molecule has 6 heteroatoms. The summed E-state index contributed by atoms with van der Waals surface area (Å²) < 4.78 is 5.21. The number of nitrogen functional groups attached to an aromatic ring is 1. The maximum atomic E-state index is 12.4. The highest BCUT2D eigenvalue weighted by atomic mass is 35.5. The largest absolute Gasteiger partial charge is 0.451 e. The van der Waals surface area contributed by atoms with Crippen molar-refractivity contribution >= 4 is 40.6 Å². The lowest BCUT2D eigenvalue weighted by Gasteiger charge is -2.14. The third-order valence-electron chi connectivity index (χ3n) is 3.61. The molecule has 2 aromatic rings. The molecule has 0 aliphatic heterocycles. The van der Waals surface area contributed by atoms with Crippen molar-refractivity contribution in [2.24, 2.45) is 0 Å². The number of rotatable bonds is 5. The maximum absolute atomic E-state index is 12.4. The summed E-state index contributed by atoms with van der Waals surface area (Å²) in [6, 6.07) is 9.97. The highest BCUT2D eigenvalue weighted by Crippen LogP contribution is 2.28. The van der Waals surface area contributed by atoms with E-state index in [4.69, 9.17) is 33.7 Å². The molecule has 0 saturated heterocycles. The van der Waals surface area contributed by atoms with Crippen molar-refractivity contribution < 1.29 is 14.3 Å². The van der Waals surface area contributed by atoms with Crippen molar-refractivity contribution in [3.63, 3.8) is 0 Å². The van der Waals surface area contributed by atoms with Crippen molar-refractivity contribution in [2.75, 3.05) is 5.73 Å². The third kappa shape index (κ3) is 4.08. The number of halogens is 2. The fraction of sp³-hybridized carbons (Fsp3) is 0.222. The van der Waals surface area contributed by atoms with E-state index in [1.165, 1.54) is 19.1 Å². The van der Waals surface area contributed by atoms with E-state index < -0.39 is 12.1 Å². The van der Waals surface area contributed by atoms with Crippen LogP contribution in [0.1, 0.15) is 40.1 Å². The van der Waals surface area contributed by atoms with Gasteiger partial charge in [0.1, 0.15) is 0 Å². The van der Waals surface area contributed by atoms with Gasteiger partial charge in [0.25, 0.3) is 0 Å². The number of esters is 1. The second-order valence-electron chi connectivity index (χ2n) is 5.31. The molecule has 0 unspecified atom stereocenters. The molecule has 0 fully saturated rings. The van der Waals surface area contributed by atoms with Gasteiger partial charge in [-0.2, -0.15) is 0 Å². The minimum Gasteiger partial charge on any atom is -0.451 e. The molecule has 0 amide bonds. The first-order valence-electron chi connectivity index (χ1n) is 7.42. The van der Waals surface area contributed by atoms with Crippen LogP contribution in [-0.4, -0.2) is 17.9 Å². The lowest BCUT2D eigenvalue weighted by atomic mass is 10.0. The summed E-state index contributed by atoms with van der Waals surface area (Å²) in [7, 11) is 0. The van der Waals surface area contributed by atoms with Crippen LogP contribution < -0.4 is 5.73 Å². The Kier molecular flexibility index (Phi) is 5.86. The topological polar surface area (TPSA) is 69.4 Å². The van der Waals surface area contributed by atoms with Gasteiger partial charge in [-0.3, -0.25) is 4.79 Å². The van der Waals surface area contributed by atoms with Gasteiger partial charge in [-0.05, 0) is 31.0 Å². The number of Topliss-reactive ketones (excluding diaryl/α,β-unsaturated/α-hetero) is 1. The van der Waals surface area contributed by atoms with Crippen LogP contribution in [0.4, 0.5) is 5.69 Å². The van der Waals surface area contributed by atoms with Crippen molar-refractivity contribution in [1.29, 1.82) is 0 Å². The van der Waals surface area contributed by atoms with Gasteiger partial charge in [-0.15, -0.1) is 0 Å². The molecule has 0 saturated carbocycles. The number of anilines is 1. The summed E-state index contributed by atoms with van der Waals surface area (Å²) in [5.41, 5.74) is 7.47. The third-order valence-corrected chi connectivity index (χ3v) is 4.14. The Labute approximate surface area is 150 Å². The van der Waals surface area contributed by atoms with Crippen LogP contribution in [-0.2, 0) is 11.2 Å². The number of ether oxygens (including phenoxy) is 1. The average Bonchev–Trinajstić information content (AvgIpc) is 2.57. The van der Waals surface area contributed by atoms with Gasteiger partial charge in [-0.25, -0.2) is 4.79 Å². The predicted octanol–water partition coefficient (Wildman–Crippen LogP) is 4.57. The fourth-order valence-corrected chi connectivity index (χ4v) is 2.66. The molecule has 2 rings (SSSR count). The van der Waals surface area contributed by atoms with Crippen molar-refractivity contribution in [2.45, 2.75) is 26.4 Å². The van der Waals surface area contributed by atoms with Gasteiger partial charge in [0.2, 0.25) is 5.78 Å². The second kappa shape index (κ2) is 7.69. The Bertz CT molecular complexity index is 773. The fourth-order valence-electron chi connectivity index (χ4n) is 2.17. The van der Waals surface area contributed by atoms with E-state index in [9.17, 15) is 9.59 Å². The maximum Gasteiger partial charge on any atom is 0.341 e. The highest BCUT2D eigenvalue weighted by molar-refractivity contribution is 6.37. The van der Waals surface area contributed by atoms with E-state index >= 15 is 0 Å². The van der Waals surface area contributed by atoms with Crippen LogP contribution >= 0.6 is 23.2 Å². The Hall–Kier alpha value is -2.04. The summed E-state index contributed by atoms with van der Waals surface area (Å²) in [5.74, 6) is -1.04. The van der Waals surface area contributed by atoms with E-state index in [1.807, 2.05) is 19.1 Å². The molecular formula is C18H17Cl2NO3. The summed E-state index contributed by atoms with van der Waals surface area (Å²) in [4.78, 5) is 24.6. The number of carbonyl (C=O) groups excluding carboxylic acids is 2. The van der Waals surface area contributed by atoms with E-state index in [1.54, 1.807) is 12.1 Å². The van der Waals surface area contributed by atoms with Crippen LogP contribution in [0.2, 0.25) is 10.0 Å². The molecule has 0 aliphatic rings. The van der Waals surface area contributed by atoms with Crippen molar-refractivity contribution in [3.05, 3.63) is 63.1 Å². The first kappa shape index (κ1) is 18.3. The quantitative estimate of drug-likeness (QED) is 0.478. The molecule has 24 heavy (non-hydrogen) atoms. The van der Waals surface area contributed by atoms with Crippen LogP contribution in [0.3, 0.4) is 0 Å². The zero-order valence-electron chi connectivity index (χ0n) is 13.3. The monoisotopic (exact) mass is 365 g/mol. The molecule has 0 heterocycles. The molecule has 1 atom stereocenters. The zero-order chi connectivity index (χ0) is 17.9. The first-order valence-corrected chi connectivity index (χ1v) is 8.17. The molecule has 0 aromatic heterocycles. The van der Waals surface area contributed by atoms with E-state index in [2.05, 4.69) is 0 Å². The number of carbonyl (C=O) groups is 2. The Balaban J connectivity index is 2.14. The summed E-state index contributed by atoms with van der Waals surface area (Å²) in [6.45, 7) is 3.54. The van der Waals surface area contributed by atoms with Crippen LogP contribution in [0.15, 0.2) is 36.4 Å². The molecule has 0 radical (unpaired) electrons. The molecular weight excluding hydrogens is 349 g/mol. The first-order chi connectivity index (χ1) is 11.3. The molecule has 0 aliphatic carbocycles. The molecule has 0 bridgehead atoms. The molecule has 2 aromatic carbocycles. The minimum absolute atomic E-state index is 0.0356. The van der Waals surface area contributed by atoms with Crippen LogP contribution in [0.25, 0.3) is 0 Å². The highest BCUT2D eigenvalue weighted by Gasteiger charge is 2.22. The van der Waals surface area contributed by atoms with Gasteiger partial charge in [0.05, 0.1) is 16.3 Å². The number of ketones is 1. The van der Waals surface area contributed by atoms with Gasteiger partial charge < -0.3 is 10.5 Å². The van der Waals surface area contributed by atoms with Gasteiger partial charge >= 0.3 is 5.97 Å². The van der Waals surface area contributed by atoms with Crippen molar-refractivity contribution in [3.8, 4) is 0 Å². The van der Waals surface area contributed by atoms with E-state index in [0.29, 0.717) is 5.56 Å². The summed E-state index contributed by atoms with van der Waals surface area (Å²) in [6.07, 6.45) is -0.0736. The summed E-state index contributed by atoms with van der Waals surface area (Å²) in [5, 5.41) is 0.416. The standard InChI is InChI=1S/C18H17Cl2NO3/c1-3-11-4-6-12(7-5-11)17(22)10(2)24-18(23)14-8-13(19)9-15(20)16(14)21/h4-10H,3,21H2,1-2H3/t10-/m1/s1. The van der Waals surface area contributed by atoms with Crippen LogP contribution in [0, 0.1) is 0 Å². The Morgan fingerprint density at radius 3 is 2.38 bits per heavy atom. The molecule has 4 nitrogen and oxygen atoms in total. The van der Waals surface area contributed by atoms with E-state index in [0.717, 1.165) is 12.0 Å². The minimum atomic E-state index is -0.956. The Morgan fingerprint density at radius 1 is 1.17 bits per heavy atom. The molecule has 2 N–H and O–H groups in total. The van der Waals surface area contributed by atoms with Gasteiger partial charge in [0, 0.05) is 10.6 Å². The van der Waals surface area contributed by atoms with Crippen LogP contribution in [0.5, 0.6) is 0 Å². The van der Waals surface area contributed by atoms with E-state index in [-0.39, 0.29) is 27.1 Å². The number of hydrogen-bond acceptors (Lipinski definition) is 4. The number of benzene rings is 2. The van der Waals surface area contributed by atoms with Gasteiger partial charge in [-0.1, -0.05) is 54.4 Å². The zero-order valence-corrected chi connectivity index (χ0v) is 14.8. The summed E-state index contributed by atoms with van der Waals surface area (Å²) >= 11 is 11.8. The normalized spacial score (nSPS) is 11.8. The smallest absolute Gasteiger partial charge is 0.341 e. The average molecular weight is 366 g/mol. The predicted molar refractivity (Wildman–Crippen MR) is 95.9 cm³/mol. The SMILES string of the molecule is CCc1ccc(C(=O)[C@@H](C)OC(=O)c2cc(Cl)cc(Cl)c2N)cc1. The van der Waals surface area contributed by atoms with Gasteiger partial charge in [0.15, 0.2) is 6.10 Å². The lowest BCUT2D eigenvalue weighted by Crippen LogP contribution is -2.25.